The van der Waals surface area contributed by atoms with Gasteiger partial charge in [-0.1, -0.05) is 43.7 Å². The molecular formula is C19H23NO4. The van der Waals surface area contributed by atoms with Crippen molar-refractivity contribution in [3.63, 3.8) is 0 Å². The summed E-state index contributed by atoms with van der Waals surface area (Å²) in [6.45, 7) is 6.19. The van der Waals surface area contributed by atoms with E-state index in [1.54, 1.807) is 13.8 Å². The van der Waals surface area contributed by atoms with Crippen molar-refractivity contribution in [3.05, 3.63) is 35.9 Å². The Hall–Kier alpha value is -2.17. The summed E-state index contributed by atoms with van der Waals surface area (Å²) in [5.41, 5.74) is -1.31. The Morgan fingerprint density at radius 2 is 1.92 bits per heavy atom. The molecule has 1 heterocycles. The smallest absolute Gasteiger partial charge is 0.323 e. The van der Waals surface area contributed by atoms with E-state index in [4.69, 9.17) is 14.5 Å². The van der Waals surface area contributed by atoms with Crippen molar-refractivity contribution in [1.29, 1.82) is 0 Å². The Morgan fingerprint density at radius 1 is 1.21 bits per heavy atom. The van der Waals surface area contributed by atoms with Gasteiger partial charge in [0, 0.05) is 0 Å². The monoisotopic (exact) mass is 329 g/mol. The van der Waals surface area contributed by atoms with Gasteiger partial charge in [0.15, 0.2) is 5.41 Å². The normalized spacial score (nSPS) is 31.0. The van der Waals surface area contributed by atoms with Crippen molar-refractivity contribution in [2.24, 2.45) is 16.3 Å². The fraction of sp³-hybridized carbons (Fsp3) is 0.526. The highest BCUT2D eigenvalue weighted by atomic mass is 16.5. The van der Waals surface area contributed by atoms with Gasteiger partial charge in [-0.15, -0.1) is 0 Å². The number of hydrogen-bond donors (Lipinski definition) is 0. The number of fused-ring (bicyclic) bond motifs is 1. The molecule has 0 radical (unpaired) electrons. The number of benzene rings is 1. The lowest BCUT2D eigenvalue weighted by Gasteiger charge is -2.55. The number of rotatable bonds is 5. The maximum absolute atomic E-state index is 13.1. The second kappa shape index (κ2) is 6.04. The van der Waals surface area contributed by atoms with Gasteiger partial charge >= 0.3 is 5.97 Å². The Bertz CT molecular complexity index is 684. The average Bonchev–Trinajstić information content (AvgIpc) is 2.76. The van der Waals surface area contributed by atoms with E-state index in [9.17, 15) is 9.59 Å². The lowest BCUT2D eigenvalue weighted by Crippen LogP contribution is -2.65. The van der Waals surface area contributed by atoms with E-state index < -0.39 is 16.9 Å². The zero-order chi connectivity index (χ0) is 17.4. The fourth-order valence-electron chi connectivity index (χ4n) is 4.24. The molecule has 5 nitrogen and oxygen atoms in total. The van der Waals surface area contributed by atoms with Crippen LogP contribution in [0.3, 0.4) is 0 Å². The zero-order valence-corrected chi connectivity index (χ0v) is 14.4. The summed E-state index contributed by atoms with van der Waals surface area (Å²) in [4.78, 5) is 30.6. The summed E-state index contributed by atoms with van der Waals surface area (Å²) in [6, 6.07) is 9.59. The minimum absolute atomic E-state index is 0.0605. The van der Waals surface area contributed by atoms with Gasteiger partial charge in [0.1, 0.15) is 5.54 Å². The van der Waals surface area contributed by atoms with E-state index in [0.717, 1.165) is 12.0 Å². The molecule has 2 aliphatic rings. The predicted molar refractivity (Wildman–Crippen MR) is 89.7 cm³/mol. The number of esters is 1. The zero-order valence-electron chi connectivity index (χ0n) is 14.4. The molecule has 0 unspecified atom stereocenters. The van der Waals surface area contributed by atoms with Crippen molar-refractivity contribution in [1.82, 2.24) is 0 Å². The molecule has 1 aliphatic heterocycles. The Labute approximate surface area is 142 Å². The Kier molecular flexibility index (Phi) is 4.20. The standard InChI is InChI=1S/C19H23NO4/c1-4-13-12-18(17(22)24-6-3)15(21)16(23-5-2)20-19(13,18)14-10-8-7-9-11-14/h7-11,13H,4-6,12H2,1-3H3/t13-,18+,19-/m1/s1. The molecule has 1 saturated carbocycles. The molecule has 3 atom stereocenters. The third-order valence-corrected chi connectivity index (χ3v) is 5.27. The molecule has 1 aromatic rings. The lowest BCUT2D eigenvalue weighted by molar-refractivity contribution is -0.179. The molecule has 0 spiro atoms. The van der Waals surface area contributed by atoms with Crippen LogP contribution in [0, 0.1) is 11.3 Å². The molecule has 1 fully saturated rings. The quantitative estimate of drug-likeness (QED) is 0.615. The van der Waals surface area contributed by atoms with Crippen LogP contribution in [-0.4, -0.2) is 30.9 Å². The third-order valence-electron chi connectivity index (χ3n) is 5.27. The van der Waals surface area contributed by atoms with Crippen LogP contribution in [0.2, 0.25) is 0 Å². The largest absolute Gasteiger partial charge is 0.476 e. The minimum Gasteiger partial charge on any atom is -0.476 e. The van der Waals surface area contributed by atoms with Crippen LogP contribution in [0.15, 0.2) is 35.3 Å². The van der Waals surface area contributed by atoms with Gasteiger partial charge in [-0.05, 0) is 31.7 Å². The fourth-order valence-corrected chi connectivity index (χ4v) is 4.24. The molecular weight excluding hydrogens is 306 g/mol. The minimum atomic E-state index is -1.28. The average molecular weight is 329 g/mol. The first-order valence-corrected chi connectivity index (χ1v) is 8.58. The first kappa shape index (κ1) is 16.7. The number of hydrogen-bond acceptors (Lipinski definition) is 5. The van der Waals surface area contributed by atoms with E-state index in [-0.39, 0.29) is 24.2 Å². The van der Waals surface area contributed by atoms with Crippen LogP contribution < -0.4 is 0 Å². The van der Waals surface area contributed by atoms with E-state index in [0.29, 0.717) is 13.0 Å². The van der Waals surface area contributed by atoms with Crippen LogP contribution in [0.4, 0.5) is 0 Å². The number of ether oxygens (including phenoxy) is 2. The summed E-state index contributed by atoms with van der Waals surface area (Å²) < 4.78 is 10.8. The van der Waals surface area contributed by atoms with Gasteiger partial charge in [-0.3, -0.25) is 9.59 Å². The van der Waals surface area contributed by atoms with E-state index >= 15 is 0 Å². The van der Waals surface area contributed by atoms with Crippen molar-refractivity contribution in [3.8, 4) is 0 Å². The van der Waals surface area contributed by atoms with Crippen molar-refractivity contribution in [2.45, 2.75) is 39.2 Å². The maximum Gasteiger partial charge on any atom is 0.323 e. The van der Waals surface area contributed by atoms with Crippen LogP contribution in [-0.2, 0) is 24.6 Å². The van der Waals surface area contributed by atoms with Gasteiger partial charge < -0.3 is 9.47 Å². The number of carbonyl (C=O) groups is 2. The molecule has 5 heteroatoms. The van der Waals surface area contributed by atoms with Crippen molar-refractivity contribution >= 4 is 17.7 Å². The van der Waals surface area contributed by atoms with Gasteiger partial charge in [0.05, 0.1) is 13.2 Å². The molecule has 24 heavy (non-hydrogen) atoms. The lowest BCUT2D eigenvalue weighted by atomic mass is 9.45. The van der Waals surface area contributed by atoms with Gasteiger partial charge in [0.2, 0.25) is 5.78 Å². The van der Waals surface area contributed by atoms with Gasteiger partial charge in [0.25, 0.3) is 5.90 Å². The number of nitrogens with zero attached hydrogens (tertiary/aromatic N) is 1. The molecule has 0 saturated heterocycles. The first-order chi connectivity index (χ1) is 11.6. The summed E-state index contributed by atoms with van der Waals surface area (Å²) in [6.07, 6.45) is 1.28. The van der Waals surface area contributed by atoms with E-state index in [1.807, 2.05) is 30.3 Å². The summed E-state index contributed by atoms with van der Waals surface area (Å²) >= 11 is 0. The summed E-state index contributed by atoms with van der Waals surface area (Å²) in [5.74, 6) is -0.657. The van der Waals surface area contributed by atoms with Crippen LogP contribution >= 0.6 is 0 Å². The highest BCUT2D eigenvalue weighted by Gasteiger charge is 2.78. The number of carbonyl (C=O) groups excluding carboxylic acids is 2. The Balaban J connectivity index is 2.20. The number of Topliss-reactive ketones (excluding diaryl/α,β-unsaturated/α-hetero) is 1. The number of ketones is 1. The molecule has 0 N–H and O–H groups in total. The van der Waals surface area contributed by atoms with E-state index in [1.165, 1.54) is 0 Å². The summed E-state index contributed by atoms with van der Waals surface area (Å²) in [7, 11) is 0. The summed E-state index contributed by atoms with van der Waals surface area (Å²) in [5, 5.41) is 0. The molecule has 1 aliphatic carbocycles. The van der Waals surface area contributed by atoms with Gasteiger partial charge in [-0.2, -0.15) is 0 Å². The van der Waals surface area contributed by atoms with Crippen molar-refractivity contribution in [2.75, 3.05) is 13.2 Å². The molecule has 0 bridgehead atoms. The molecule has 0 aromatic heterocycles. The van der Waals surface area contributed by atoms with E-state index in [2.05, 4.69) is 6.92 Å². The molecule has 1 aromatic carbocycles. The maximum atomic E-state index is 13.1. The third kappa shape index (κ3) is 1.90. The topological polar surface area (TPSA) is 65.0 Å². The predicted octanol–water partition coefficient (Wildman–Crippen LogP) is 2.88. The van der Waals surface area contributed by atoms with Crippen LogP contribution in [0.5, 0.6) is 0 Å². The highest BCUT2D eigenvalue weighted by Crippen LogP contribution is 2.67. The molecule has 128 valence electrons. The first-order valence-electron chi connectivity index (χ1n) is 8.58. The Morgan fingerprint density at radius 3 is 2.50 bits per heavy atom. The number of aliphatic imine (C=N–C) groups is 1. The second-order valence-electron chi connectivity index (χ2n) is 6.25. The molecule has 3 rings (SSSR count). The SMILES string of the molecule is CCOC(=O)[C@@]12C[C@@H](CC)[C@]1(c1ccccc1)N=C(OCC)C2=O. The second-order valence-corrected chi connectivity index (χ2v) is 6.25. The molecule has 0 amide bonds. The highest BCUT2D eigenvalue weighted by molar-refractivity contribution is 6.45. The van der Waals surface area contributed by atoms with Crippen molar-refractivity contribution < 1.29 is 19.1 Å². The van der Waals surface area contributed by atoms with Crippen LogP contribution in [0.1, 0.15) is 39.2 Å². The van der Waals surface area contributed by atoms with Crippen LogP contribution in [0.25, 0.3) is 0 Å². The van der Waals surface area contributed by atoms with Gasteiger partial charge in [-0.25, -0.2) is 4.99 Å².